The van der Waals surface area contributed by atoms with Gasteiger partial charge >= 0.3 is 0 Å². The van der Waals surface area contributed by atoms with Crippen LogP contribution < -0.4 is 31.9 Å². The van der Waals surface area contributed by atoms with Crippen molar-refractivity contribution in [2.45, 2.75) is 52.5 Å². The number of carbonyl (C=O) groups is 6. The first-order valence-electron chi connectivity index (χ1n) is 17.1. The summed E-state index contributed by atoms with van der Waals surface area (Å²) in [5.74, 6) is -1.96. The van der Waals surface area contributed by atoms with Gasteiger partial charge in [0, 0.05) is 32.4 Å². The Balaban J connectivity index is 2.09. The maximum absolute atomic E-state index is 12.7. The van der Waals surface area contributed by atoms with Gasteiger partial charge in [-0.05, 0) is 24.8 Å². The van der Waals surface area contributed by atoms with E-state index in [1.54, 1.807) is 31.2 Å². The molecular formula is C34H56N6O10. The fourth-order valence-corrected chi connectivity index (χ4v) is 4.06. The molecule has 1 atom stereocenters. The second-order valence-electron chi connectivity index (χ2n) is 11.5. The van der Waals surface area contributed by atoms with Crippen molar-refractivity contribution in [2.75, 3.05) is 85.6 Å². The minimum Gasteiger partial charge on any atom is -0.379 e. The molecule has 0 spiro atoms. The summed E-state index contributed by atoms with van der Waals surface area (Å²) in [6.45, 7) is 8.60. The summed E-state index contributed by atoms with van der Waals surface area (Å²) in [5.41, 5.74) is 0.796. The van der Waals surface area contributed by atoms with Gasteiger partial charge in [-0.3, -0.25) is 28.8 Å². The van der Waals surface area contributed by atoms with Gasteiger partial charge in [-0.25, -0.2) is 0 Å². The Morgan fingerprint density at radius 3 is 1.72 bits per heavy atom. The van der Waals surface area contributed by atoms with Crippen molar-refractivity contribution in [1.29, 1.82) is 0 Å². The average molecular weight is 709 g/mol. The van der Waals surface area contributed by atoms with E-state index in [-0.39, 0.29) is 51.0 Å². The molecule has 1 rings (SSSR count). The summed E-state index contributed by atoms with van der Waals surface area (Å²) in [6, 6.07) is 8.06. The van der Waals surface area contributed by atoms with Crippen molar-refractivity contribution in [3.8, 4) is 0 Å². The molecule has 6 amide bonds. The normalized spacial score (nSPS) is 11.4. The van der Waals surface area contributed by atoms with Crippen molar-refractivity contribution in [1.82, 2.24) is 31.9 Å². The predicted molar refractivity (Wildman–Crippen MR) is 185 cm³/mol. The standard InChI is InChI=1S/C34H56N6O10/c1-4-35-31(43)24-39-34(46)28(22-27-8-6-5-7-9-27)40-33(45)25-38-32(44)23-37-30(42)12-14-47-16-18-49-20-21-50-19-17-48-15-13-36-29(41)11-10-26(2)3/h5-9,26,28H,4,10-25H2,1-3H3,(H,35,43)(H,36,41)(H,37,42)(H,38,44)(H,39,46)(H,40,45). The summed E-state index contributed by atoms with van der Waals surface area (Å²) in [5, 5.41) is 15.3. The Bertz CT molecular complexity index is 1140. The van der Waals surface area contributed by atoms with Gasteiger partial charge in [0.05, 0.1) is 72.5 Å². The van der Waals surface area contributed by atoms with E-state index in [1.807, 2.05) is 6.07 Å². The number of likely N-dealkylation sites (N-methyl/N-ethyl adjacent to an activating group) is 1. The molecule has 1 aromatic rings. The number of rotatable bonds is 29. The number of hydrogen-bond donors (Lipinski definition) is 6. The van der Waals surface area contributed by atoms with E-state index < -0.39 is 36.2 Å². The molecule has 0 fully saturated rings. The average Bonchev–Trinajstić information content (AvgIpc) is 3.09. The highest BCUT2D eigenvalue weighted by molar-refractivity contribution is 5.92. The molecule has 0 aliphatic carbocycles. The van der Waals surface area contributed by atoms with Crippen molar-refractivity contribution in [3.63, 3.8) is 0 Å². The molecule has 0 bridgehead atoms. The van der Waals surface area contributed by atoms with Crippen LogP contribution in [0.15, 0.2) is 30.3 Å². The molecule has 0 radical (unpaired) electrons. The third-order valence-corrected chi connectivity index (χ3v) is 6.73. The van der Waals surface area contributed by atoms with E-state index in [2.05, 4.69) is 45.7 Å². The summed E-state index contributed by atoms with van der Waals surface area (Å²) >= 11 is 0. The third kappa shape index (κ3) is 24.9. The Labute approximate surface area is 294 Å². The molecule has 1 aromatic carbocycles. The highest BCUT2D eigenvalue weighted by Crippen LogP contribution is 2.04. The van der Waals surface area contributed by atoms with Gasteiger partial charge in [0.15, 0.2) is 0 Å². The molecule has 0 aromatic heterocycles. The SMILES string of the molecule is CCNC(=O)CNC(=O)C(Cc1ccccc1)NC(=O)CNC(=O)CNC(=O)CCOCCOCCOCCOCCNC(=O)CCC(C)C. The smallest absolute Gasteiger partial charge is 0.243 e. The van der Waals surface area contributed by atoms with Gasteiger partial charge in [-0.15, -0.1) is 0 Å². The van der Waals surface area contributed by atoms with E-state index in [0.717, 1.165) is 12.0 Å². The number of hydrogen-bond acceptors (Lipinski definition) is 10. The minimum absolute atomic E-state index is 0.0328. The summed E-state index contributed by atoms with van der Waals surface area (Å²) < 4.78 is 21.6. The number of ether oxygens (including phenoxy) is 4. The second-order valence-corrected chi connectivity index (χ2v) is 11.5. The highest BCUT2D eigenvalue weighted by Gasteiger charge is 2.22. The van der Waals surface area contributed by atoms with E-state index in [9.17, 15) is 28.8 Å². The Morgan fingerprint density at radius 1 is 0.580 bits per heavy atom. The van der Waals surface area contributed by atoms with Gasteiger partial charge in [0.1, 0.15) is 6.04 Å². The molecule has 0 aliphatic rings. The summed E-state index contributed by atoms with van der Waals surface area (Å²) in [6.07, 6.45) is 1.61. The van der Waals surface area contributed by atoms with Gasteiger partial charge in [-0.1, -0.05) is 44.2 Å². The topological polar surface area (TPSA) is 212 Å². The molecule has 16 heteroatoms. The largest absolute Gasteiger partial charge is 0.379 e. The lowest BCUT2D eigenvalue weighted by Crippen LogP contribution is -2.52. The van der Waals surface area contributed by atoms with E-state index in [1.165, 1.54) is 0 Å². The number of nitrogens with one attached hydrogen (secondary N) is 6. The molecule has 1 unspecified atom stereocenters. The summed E-state index contributed by atoms with van der Waals surface area (Å²) in [7, 11) is 0. The molecule has 16 nitrogen and oxygen atoms in total. The molecule has 0 saturated carbocycles. The van der Waals surface area contributed by atoms with Crippen molar-refractivity contribution < 1.29 is 47.7 Å². The molecule has 0 heterocycles. The monoisotopic (exact) mass is 708 g/mol. The number of carbonyl (C=O) groups excluding carboxylic acids is 6. The van der Waals surface area contributed by atoms with E-state index >= 15 is 0 Å². The van der Waals surface area contributed by atoms with Crippen molar-refractivity contribution in [3.05, 3.63) is 35.9 Å². The van der Waals surface area contributed by atoms with Crippen LogP contribution in [0.2, 0.25) is 0 Å². The van der Waals surface area contributed by atoms with Gasteiger partial charge in [0.2, 0.25) is 35.4 Å². The quantitative estimate of drug-likeness (QED) is 0.0571. The predicted octanol–water partition coefficient (Wildman–Crippen LogP) is -0.792. The molecule has 6 N–H and O–H groups in total. The van der Waals surface area contributed by atoms with Crippen LogP contribution in [-0.4, -0.2) is 127 Å². The fourth-order valence-electron chi connectivity index (χ4n) is 4.06. The van der Waals surface area contributed by atoms with Crippen LogP contribution in [0.3, 0.4) is 0 Å². The van der Waals surface area contributed by atoms with Crippen LogP contribution in [0, 0.1) is 5.92 Å². The van der Waals surface area contributed by atoms with Crippen molar-refractivity contribution in [2.24, 2.45) is 5.92 Å². The third-order valence-electron chi connectivity index (χ3n) is 6.73. The lowest BCUT2D eigenvalue weighted by molar-refractivity contribution is -0.131. The zero-order chi connectivity index (χ0) is 36.8. The van der Waals surface area contributed by atoms with Crippen LogP contribution in [-0.2, 0) is 54.1 Å². The van der Waals surface area contributed by atoms with Crippen LogP contribution in [0.4, 0.5) is 0 Å². The Hall–Kier alpha value is -4.12. The first-order valence-corrected chi connectivity index (χ1v) is 17.1. The zero-order valence-electron chi connectivity index (χ0n) is 29.6. The van der Waals surface area contributed by atoms with Gasteiger partial charge in [-0.2, -0.15) is 0 Å². The maximum Gasteiger partial charge on any atom is 0.243 e. The highest BCUT2D eigenvalue weighted by atomic mass is 16.6. The lowest BCUT2D eigenvalue weighted by atomic mass is 10.1. The maximum atomic E-state index is 12.7. The molecule has 50 heavy (non-hydrogen) atoms. The van der Waals surface area contributed by atoms with Crippen LogP contribution >= 0.6 is 0 Å². The number of amides is 6. The van der Waals surface area contributed by atoms with Gasteiger partial charge in [0.25, 0.3) is 0 Å². The molecule has 0 saturated heterocycles. The molecule has 282 valence electrons. The van der Waals surface area contributed by atoms with Crippen LogP contribution in [0.1, 0.15) is 45.6 Å². The minimum atomic E-state index is -0.975. The molecule has 0 aliphatic heterocycles. The van der Waals surface area contributed by atoms with Crippen molar-refractivity contribution >= 4 is 35.4 Å². The summed E-state index contributed by atoms with van der Waals surface area (Å²) in [4.78, 5) is 72.8. The van der Waals surface area contributed by atoms with E-state index in [4.69, 9.17) is 18.9 Å². The first-order chi connectivity index (χ1) is 24.1. The van der Waals surface area contributed by atoms with Crippen LogP contribution in [0.5, 0.6) is 0 Å². The second kappa shape index (κ2) is 28.7. The Kier molecular flexibility index (Phi) is 25.2. The zero-order valence-corrected chi connectivity index (χ0v) is 29.6. The first kappa shape index (κ1) is 43.9. The van der Waals surface area contributed by atoms with Crippen LogP contribution in [0.25, 0.3) is 0 Å². The molecular weight excluding hydrogens is 652 g/mol. The van der Waals surface area contributed by atoms with Gasteiger partial charge < -0.3 is 50.8 Å². The lowest BCUT2D eigenvalue weighted by Gasteiger charge is -2.19. The van der Waals surface area contributed by atoms with E-state index in [0.29, 0.717) is 65.1 Å². The Morgan fingerprint density at radius 2 is 1.10 bits per heavy atom. The number of benzene rings is 1. The fraction of sp³-hybridized carbons (Fsp3) is 0.647.